The van der Waals surface area contributed by atoms with Gasteiger partial charge in [0, 0.05) is 18.5 Å². The summed E-state index contributed by atoms with van der Waals surface area (Å²) in [5.41, 5.74) is 0.979. The van der Waals surface area contributed by atoms with Crippen LogP contribution in [-0.2, 0) is 11.2 Å². The number of piperidine rings is 1. The number of nitrogens with zero attached hydrogens (tertiary/aromatic N) is 1. The average molecular weight is 377 g/mol. The smallest absolute Gasteiger partial charge is 0.220 e. The van der Waals surface area contributed by atoms with E-state index in [-0.39, 0.29) is 23.0 Å². The summed E-state index contributed by atoms with van der Waals surface area (Å²) in [6.07, 6.45) is 11.0. The van der Waals surface area contributed by atoms with Gasteiger partial charge in [0.25, 0.3) is 0 Å². The zero-order chi connectivity index (χ0) is 19.1. The second kappa shape index (κ2) is 9.54. The first-order valence-corrected chi connectivity index (χ1v) is 10.5. The van der Waals surface area contributed by atoms with Crippen molar-refractivity contribution in [1.82, 2.24) is 10.2 Å². The number of ether oxygens (including phenoxy) is 1. The second-order valence-corrected chi connectivity index (χ2v) is 8.08. The summed E-state index contributed by atoms with van der Waals surface area (Å²) in [6.45, 7) is 3.09. The number of likely N-dealkylation sites (tertiary alicyclic amines) is 1. The Morgan fingerprint density at radius 1 is 1.15 bits per heavy atom. The summed E-state index contributed by atoms with van der Waals surface area (Å²) in [5.74, 6) is -0.0705. The van der Waals surface area contributed by atoms with Gasteiger partial charge in [0.1, 0.15) is 0 Å². The second-order valence-electron chi connectivity index (χ2n) is 8.08. The van der Waals surface area contributed by atoms with Crippen LogP contribution in [0.4, 0.5) is 4.39 Å². The van der Waals surface area contributed by atoms with Crippen LogP contribution < -0.4 is 10.1 Å². The quantitative estimate of drug-likeness (QED) is 0.780. The number of hydrogen-bond donors (Lipinski definition) is 1. The van der Waals surface area contributed by atoms with Crippen LogP contribution in [0.3, 0.4) is 0 Å². The molecule has 0 atom stereocenters. The summed E-state index contributed by atoms with van der Waals surface area (Å²) in [4.78, 5) is 15.1. The molecule has 5 heteroatoms. The van der Waals surface area contributed by atoms with E-state index in [4.69, 9.17) is 4.74 Å². The molecular formula is C22H33FN2O2. The van der Waals surface area contributed by atoms with Crippen LogP contribution in [0.1, 0.15) is 63.4 Å². The summed E-state index contributed by atoms with van der Waals surface area (Å²) in [7, 11) is 1.45. The van der Waals surface area contributed by atoms with Gasteiger partial charge in [-0.1, -0.05) is 31.7 Å². The fourth-order valence-corrected chi connectivity index (χ4v) is 4.66. The van der Waals surface area contributed by atoms with Gasteiger partial charge in [0.15, 0.2) is 11.6 Å². The third kappa shape index (κ3) is 5.22. The Morgan fingerprint density at radius 2 is 1.85 bits per heavy atom. The average Bonchev–Trinajstić information content (AvgIpc) is 2.72. The lowest BCUT2D eigenvalue weighted by Crippen LogP contribution is -2.58. The van der Waals surface area contributed by atoms with Gasteiger partial charge in [-0.15, -0.1) is 0 Å². The number of carbonyl (C=O) groups is 1. The molecule has 0 radical (unpaired) electrons. The summed E-state index contributed by atoms with van der Waals surface area (Å²) < 4.78 is 18.7. The first-order valence-electron chi connectivity index (χ1n) is 10.5. The molecule has 0 spiro atoms. The third-order valence-corrected chi connectivity index (χ3v) is 6.28. The van der Waals surface area contributed by atoms with E-state index < -0.39 is 0 Å². The predicted molar refractivity (Wildman–Crippen MR) is 106 cm³/mol. The normalized spacial score (nSPS) is 20.2. The van der Waals surface area contributed by atoms with Crippen molar-refractivity contribution in [2.24, 2.45) is 0 Å². The fraction of sp³-hybridized carbons (Fsp3) is 0.682. The van der Waals surface area contributed by atoms with Crippen molar-refractivity contribution in [1.29, 1.82) is 0 Å². The third-order valence-electron chi connectivity index (χ3n) is 6.28. The van der Waals surface area contributed by atoms with Crippen LogP contribution in [0.15, 0.2) is 18.2 Å². The molecule has 0 aromatic heterocycles. The maximum absolute atomic E-state index is 13.8. The molecule has 1 N–H and O–H groups in total. The molecule has 2 aliphatic rings. The molecule has 3 rings (SSSR count). The van der Waals surface area contributed by atoms with Crippen molar-refractivity contribution in [2.45, 2.75) is 69.7 Å². The van der Waals surface area contributed by atoms with Gasteiger partial charge in [-0.05, 0) is 62.9 Å². The molecule has 1 aromatic carbocycles. The maximum atomic E-state index is 13.8. The number of halogens is 1. The maximum Gasteiger partial charge on any atom is 0.220 e. The van der Waals surface area contributed by atoms with Gasteiger partial charge in [0.2, 0.25) is 5.91 Å². The predicted octanol–water partition coefficient (Wildman–Crippen LogP) is 4.07. The molecule has 1 aliphatic heterocycles. The van der Waals surface area contributed by atoms with E-state index in [1.807, 2.05) is 6.07 Å². The van der Waals surface area contributed by atoms with Gasteiger partial charge < -0.3 is 10.1 Å². The number of benzene rings is 1. The lowest BCUT2D eigenvalue weighted by atomic mass is 9.79. The van der Waals surface area contributed by atoms with Crippen LogP contribution in [0.2, 0.25) is 0 Å². The van der Waals surface area contributed by atoms with Crippen molar-refractivity contribution < 1.29 is 13.9 Å². The van der Waals surface area contributed by atoms with Crippen molar-refractivity contribution in [3.8, 4) is 5.75 Å². The highest BCUT2D eigenvalue weighted by Crippen LogP contribution is 2.35. The number of amides is 1. The van der Waals surface area contributed by atoms with Crippen molar-refractivity contribution >= 4 is 5.91 Å². The van der Waals surface area contributed by atoms with Gasteiger partial charge in [0.05, 0.1) is 7.11 Å². The minimum atomic E-state index is -0.373. The van der Waals surface area contributed by atoms with E-state index in [1.165, 1.54) is 77.6 Å². The molecule has 0 unspecified atom stereocenters. The van der Waals surface area contributed by atoms with Crippen molar-refractivity contribution in [2.75, 3.05) is 26.7 Å². The van der Waals surface area contributed by atoms with Crippen LogP contribution in [0.25, 0.3) is 0 Å². The Kier molecular flexibility index (Phi) is 7.11. The van der Waals surface area contributed by atoms with Crippen LogP contribution in [0.5, 0.6) is 5.75 Å². The minimum Gasteiger partial charge on any atom is -0.494 e. The fourth-order valence-electron chi connectivity index (χ4n) is 4.66. The zero-order valence-corrected chi connectivity index (χ0v) is 16.6. The lowest BCUT2D eigenvalue weighted by molar-refractivity contribution is -0.122. The van der Waals surface area contributed by atoms with Crippen LogP contribution in [0, 0.1) is 5.82 Å². The Labute approximate surface area is 162 Å². The number of aryl methyl sites for hydroxylation is 1. The first-order chi connectivity index (χ1) is 13.1. The molecule has 1 heterocycles. The Morgan fingerprint density at radius 3 is 2.52 bits per heavy atom. The van der Waals surface area contributed by atoms with Crippen LogP contribution in [-0.4, -0.2) is 43.1 Å². The Bertz CT molecular complexity index is 623. The van der Waals surface area contributed by atoms with Crippen molar-refractivity contribution in [3.63, 3.8) is 0 Å². The molecule has 0 bridgehead atoms. The molecule has 1 saturated carbocycles. The highest BCUT2D eigenvalue weighted by atomic mass is 19.1. The van der Waals surface area contributed by atoms with Gasteiger partial charge in [-0.2, -0.15) is 0 Å². The number of nitrogens with one attached hydrogen (secondary N) is 1. The summed E-state index contributed by atoms with van der Waals surface area (Å²) >= 11 is 0. The molecule has 1 aromatic rings. The zero-order valence-electron chi connectivity index (χ0n) is 16.6. The standard InChI is InChI=1S/C22H33FN2O2/c1-27-20-10-8-18(16-19(20)23)9-11-21(26)24-17-22(12-4-2-5-13-22)25-14-6-3-7-15-25/h8,10,16H,2-7,9,11-15,17H2,1H3,(H,24,26). The van der Waals surface area contributed by atoms with Crippen molar-refractivity contribution in [3.05, 3.63) is 29.6 Å². The van der Waals surface area contributed by atoms with E-state index >= 15 is 0 Å². The molecule has 27 heavy (non-hydrogen) atoms. The molecule has 1 saturated heterocycles. The molecular weight excluding hydrogens is 343 g/mol. The summed E-state index contributed by atoms with van der Waals surface area (Å²) in [6, 6.07) is 4.91. The van der Waals surface area contributed by atoms with E-state index in [2.05, 4.69) is 10.2 Å². The molecule has 1 amide bonds. The number of rotatable bonds is 7. The largest absolute Gasteiger partial charge is 0.494 e. The highest BCUT2D eigenvalue weighted by molar-refractivity contribution is 5.76. The summed E-state index contributed by atoms with van der Waals surface area (Å²) in [5, 5.41) is 3.20. The Balaban J connectivity index is 1.52. The number of carbonyl (C=O) groups excluding carboxylic acids is 1. The van der Waals surface area contributed by atoms with Gasteiger partial charge in [-0.25, -0.2) is 4.39 Å². The monoisotopic (exact) mass is 376 g/mol. The number of hydrogen-bond acceptors (Lipinski definition) is 3. The SMILES string of the molecule is COc1ccc(CCC(=O)NCC2(N3CCCCC3)CCCCC2)cc1F. The molecule has 2 fully saturated rings. The van der Waals surface area contributed by atoms with E-state index in [9.17, 15) is 9.18 Å². The highest BCUT2D eigenvalue weighted by Gasteiger charge is 2.38. The Hall–Kier alpha value is -1.62. The van der Waals surface area contributed by atoms with Gasteiger partial charge in [-0.3, -0.25) is 9.69 Å². The van der Waals surface area contributed by atoms with E-state index in [1.54, 1.807) is 6.07 Å². The van der Waals surface area contributed by atoms with Crippen LogP contribution >= 0.6 is 0 Å². The molecule has 150 valence electrons. The minimum absolute atomic E-state index is 0.0631. The molecule has 1 aliphatic carbocycles. The van der Waals surface area contributed by atoms with Gasteiger partial charge >= 0.3 is 0 Å². The van der Waals surface area contributed by atoms with E-state index in [0.717, 1.165) is 12.1 Å². The molecule has 4 nitrogen and oxygen atoms in total. The van der Waals surface area contributed by atoms with E-state index in [0.29, 0.717) is 12.8 Å². The topological polar surface area (TPSA) is 41.6 Å². The lowest BCUT2D eigenvalue weighted by Gasteiger charge is -2.48. The first kappa shape index (κ1) is 20.1. The number of methoxy groups -OCH3 is 1.